The summed E-state index contributed by atoms with van der Waals surface area (Å²) in [5.41, 5.74) is 5.78. The molecule has 1 saturated heterocycles. The number of primary amides is 1. The van der Waals surface area contributed by atoms with E-state index in [9.17, 15) is 9.59 Å². The van der Waals surface area contributed by atoms with Gasteiger partial charge in [-0.1, -0.05) is 18.6 Å². The van der Waals surface area contributed by atoms with Crippen LogP contribution in [0.1, 0.15) is 36.0 Å². The molecule has 0 saturated carbocycles. The highest BCUT2D eigenvalue weighted by Gasteiger charge is 2.12. The molecule has 0 aromatic heterocycles. The molecule has 0 bridgehead atoms. The summed E-state index contributed by atoms with van der Waals surface area (Å²) in [4.78, 5) is 26.5. The molecule has 0 radical (unpaired) electrons. The van der Waals surface area contributed by atoms with E-state index in [1.54, 1.807) is 6.07 Å². The van der Waals surface area contributed by atoms with Gasteiger partial charge < -0.3 is 16.0 Å². The van der Waals surface area contributed by atoms with E-state index in [1.165, 1.54) is 44.1 Å². The summed E-state index contributed by atoms with van der Waals surface area (Å²) in [6.45, 7) is 4.07. The quantitative estimate of drug-likeness (QED) is 0.562. The van der Waals surface area contributed by atoms with Gasteiger partial charge in [0, 0.05) is 11.4 Å². The van der Waals surface area contributed by atoms with Crippen LogP contribution in [0.3, 0.4) is 0 Å². The number of likely N-dealkylation sites (tertiary alicyclic amines) is 1. The zero-order chi connectivity index (χ0) is 16.5. The SMILES string of the molecule is NC(=O)CSc1ccccc1C(=O)NCCCN1CCCCC1. The lowest BCUT2D eigenvalue weighted by Crippen LogP contribution is -2.33. The predicted octanol–water partition coefficient (Wildman–Crippen LogP) is 1.87. The second-order valence-electron chi connectivity index (χ2n) is 5.76. The molecule has 0 aliphatic carbocycles. The van der Waals surface area contributed by atoms with E-state index in [0.717, 1.165) is 17.9 Å². The summed E-state index contributed by atoms with van der Waals surface area (Å²) in [6, 6.07) is 7.31. The van der Waals surface area contributed by atoms with Gasteiger partial charge in [0.25, 0.3) is 5.91 Å². The largest absolute Gasteiger partial charge is 0.369 e. The molecule has 1 aromatic carbocycles. The molecule has 23 heavy (non-hydrogen) atoms. The van der Waals surface area contributed by atoms with E-state index in [1.807, 2.05) is 18.2 Å². The zero-order valence-electron chi connectivity index (χ0n) is 13.4. The summed E-state index contributed by atoms with van der Waals surface area (Å²) in [5, 5.41) is 2.97. The maximum atomic E-state index is 12.3. The maximum Gasteiger partial charge on any atom is 0.252 e. The number of nitrogens with one attached hydrogen (secondary N) is 1. The average molecular weight is 335 g/mol. The molecule has 0 unspecified atom stereocenters. The van der Waals surface area contributed by atoms with Gasteiger partial charge in [0.15, 0.2) is 0 Å². The Kier molecular flexibility index (Phi) is 7.42. The number of carbonyl (C=O) groups excluding carboxylic acids is 2. The summed E-state index contributed by atoms with van der Waals surface area (Å²) in [5.74, 6) is -0.290. The smallest absolute Gasteiger partial charge is 0.252 e. The van der Waals surface area contributed by atoms with Crippen LogP contribution in [0.15, 0.2) is 29.2 Å². The lowest BCUT2D eigenvalue weighted by Gasteiger charge is -2.26. The number of hydrogen-bond acceptors (Lipinski definition) is 4. The van der Waals surface area contributed by atoms with Gasteiger partial charge in [0.1, 0.15) is 0 Å². The molecule has 5 nitrogen and oxygen atoms in total. The third-order valence-electron chi connectivity index (χ3n) is 3.89. The topological polar surface area (TPSA) is 75.4 Å². The molecule has 2 rings (SSSR count). The van der Waals surface area contributed by atoms with Crippen molar-refractivity contribution in [1.82, 2.24) is 10.2 Å². The van der Waals surface area contributed by atoms with Gasteiger partial charge in [-0.15, -0.1) is 11.8 Å². The maximum absolute atomic E-state index is 12.3. The van der Waals surface area contributed by atoms with Crippen molar-refractivity contribution in [3.63, 3.8) is 0 Å². The van der Waals surface area contributed by atoms with Crippen molar-refractivity contribution in [3.05, 3.63) is 29.8 Å². The van der Waals surface area contributed by atoms with Crippen LogP contribution in [0.2, 0.25) is 0 Å². The van der Waals surface area contributed by atoms with Gasteiger partial charge in [-0.25, -0.2) is 0 Å². The molecular weight excluding hydrogens is 310 g/mol. The highest BCUT2D eigenvalue weighted by molar-refractivity contribution is 8.00. The highest BCUT2D eigenvalue weighted by Crippen LogP contribution is 2.22. The fourth-order valence-electron chi connectivity index (χ4n) is 2.71. The van der Waals surface area contributed by atoms with Crippen LogP contribution in [0.25, 0.3) is 0 Å². The fraction of sp³-hybridized carbons (Fsp3) is 0.529. The monoisotopic (exact) mass is 335 g/mol. The van der Waals surface area contributed by atoms with Crippen LogP contribution < -0.4 is 11.1 Å². The lowest BCUT2D eigenvalue weighted by atomic mass is 10.1. The first-order chi connectivity index (χ1) is 11.2. The van der Waals surface area contributed by atoms with Crippen LogP contribution in [-0.2, 0) is 4.79 Å². The number of nitrogens with zero attached hydrogens (tertiary/aromatic N) is 1. The molecule has 0 spiro atoms. The zero-order valence-corrected chi connectivity index (χ0v) is 14.2. The van der Waals surface area contributed by atoms with Gasteiger partial charge in [-0.2, -0.15) is 0 Å². The summed E-state index contributed by atoms with van der Waals surface area (Å²) in [7, 11) is 0. The summed E-state index contributed by atoms with van der Waals surface area (Å²) in [6.07, 6.45) is 4.88. The van der Waals surface area contributed by atoms with E-state index in [2.05, 4.69) is 10.2 Å². The van der Waals surface area contributed by atoms with Gasteiger partial charge in [0.05, 0.1) is 11.3 Å². The Balaban J connectivity index is 1.77. The van der Waals surface area contributed by atoms with E-state index >= 15 is 0 Å². The highest BCUT2D eigenvalue weighted by atomic mass is 32.2. The van der Waals surface area contributed by atoms with E-state index in [4.69, 9.17) is 5.73 Å². The van der Waals surface area contributed by atoms with Crippen molar-refractivity contribution in [2.45, 2.75) is 30.6 Å². The second kappa shape index (κ2) is 9.57. The Morgan fingerprint density at radius 3 is 2.65 bits per heavy atom. The van der Waals surface area contributed by atoms with Crippen LogP contribution in [-0.4, -0.2) is 48.6 Å². The average Bonchev–Trinajstić information content (AvgIpc) is 2.58. The Morgan fingerprint density at radius 1 is 1.17 bits per heavy atom. The molecular formula is C17H25N3O2S. The van der Waals surface area contributed by atoms with Crippen LogP contribution in [0.5, 0.6) is 0 Å². The number of rotatable bonds is 8. The number of carbonyl (C=O) groups is 2. The van der Waals surface area contributed by atoms with Gasteiger partial charge in [-0.05, 0) is 51.0 Å². The minimum atomic E-state index is -0.383. The number of hydrogen-bond donors (Lipinski definition) is 2. The van der Waals surface area contributed by atoms with Gasteiger partial charge in [0.2, 0.25) is 5.91 Å². The Morgan fingerprint density at radius 2 is 1.91 bits per heavy atom. The Bertz CT molecular complexity index is 530. The van der Waals surface area contributed by atoms with Crippen molar-refractivity contribution in [1.29, 1.82) is 0 Å². The summed E-state index contributed by atoms with van der Waals surface area (Å²) < 4.78 is 0. The van der Waals surface area contributed by atoms with Crippen molar-refractivity contribution in [2.24, 2.45) is 5.73 Å². The number of benzene rings is 1. The minimum Gasteiger partial charge on any atom is -0.369 e. The first-order valence-electron chi connectivity index (χ1n) is 8.17. The molecule has 1 aliphatic rings. The van der Waals surface area contributed by atoms with Crippen LogP contribution in [0, 0.1) is 0 Å². The lowest BCUT2D eigenvalue weighted by molar-refractivity contribution is -0.115. The van der Waals surface area contributed by atoms with E-state index in [0.29, 0.717) is 12.1 Å². The first-order valence-corrected chi connectivity index (χ1v) is 9.16. The number of nitrogens with two attached hydrogens (primary N) is 1. The van der Waals surface area contributed by atoms with E-state index < -0.39 is 0 Å². The van der Waals surface area contributed by atoms with Crippen molar-refractivity contribution in [2.75, 3.05) is 31.9 Å². The van der Waals surface area contributed by atoms with Crippen LogP contribution in [0.4, 0.5) is 0 Å². The van der Waals surface area contributed by atoms with Gasteiger partial charge >= 0.3 is 0 Å². The third kappa shape index (κ3) is 6.23. The van der Waals surface area contributed by atoms with Crippen molar-refractivity contribution in [3.8, 4) is 0 Å². The predicted molar refractivity (Wildman–Crippen MR) is 93.6 cm³/mol. The molecule has 126 valence electrons. The molecule has 1 aromatic rings. The molecule has 1 fully saturated rings. The van der Waals surface area contributed by atoms with E-state index in [-0.39, 0.29) is 17.6 Å². The van der Waals surface area contributed by atoms with Crippen molar-refractivity contribution >= 4 is 23.6 Å². The fourth-order valence-corrected chi connectivity index (χ4v) is 3.50. The number of thioether (sulfide) groups is 1. The molecule has 2 amide bonds. The molecule has 1 heterocycles. The standard InChI is InChI=1S/C17H25N3O2S/c18-16(21)13-23-15-8-3-2-7-14(15)17(22)19-9-6-12-20-10-4-1-5-11-20/h2-3,7-8H,1,4-6,9-13H2,(H2,18,21)(H,19,22). The number of piperidine rings is 1. The summed E-state index contributed by atoms with van der Waals surface area (Å²) >= 11 is 1.30. The minimum absolute atomic E-state index is 0.0868. The Hall–Kier alpha value is -1.53. The molecule has 3 N–H and O–H groups in total. The van der Waals surface area contributed by atoms with Crippen molar-refractivity contribution < 1.29 is 9.59 Å². The second-order valence-corrected chi connectivity index (χ2v) is 6.78. The third-order valence-corrected chi connectivity index (χ3v) is 4.98. The Labute approximate surface area is 142 Å². The molecule has 0 atom stereocenters. The molecule has 6 heteroatoms. The normalized spacial score (nSPS) is 15.3. The molecule has 1 aliphatic heterocycles. The van der Waals surface area contributed by atoms with Gasteiger partial charge in [-0.3, -0.25) is 9.59 Å². The number of amides is 2. The van der Waals surface area contributed by atoms with Crippen LogP contribution >= 0.6 is 11.8 Å². The first kappa shape index (κ1) is 17.8.